The Kier molecular flexibility index (Phi) is 5.69. The maximum absolute atomic E-state index is 12.6. The van der Waals surface area contributed by atoms with E-state index in [2.05, 4.69) is 52.2 Å². The highest BCUT2D eigenvalue weighted by atomic mass is 32.1. The second-order valence-corrected chi connectivity index (χ2v) is 8.96. The minimum Gasteiger partial charge on any atom is -0.303 e. The molecule has 1 amide bonds. The molecule has 28 heavy (non-hydrogen) atoms. The van der Waals surface area contributed by atoms with Gasteiger partial charge in [0, 0.05) is 36.4 Å². The Morgan fingerprint density at radius 3 is 2.82 bits per heavy atom. The van der Waals surface area contributed by atoms with Crippen molar-refractivity contribution in [3.8, 4) is 10.4 Å². The van der Waals surface area contributed by atoms with Crippen molar-refractivity contribution < 1.29 is 4.79 Å². The number of rotatable bonds is 5. The first-order valence-corrected chi connectivity index (χ1v) is 10.7. The predicted molar refractivity (Wildman–Crippen MR) is 115 cm³/mol. The van der Waals surface area contributed by atoms with Gasteiger partial charge in [-0.15, -0.1) is 0 Å². The van der Waals surface area contributed by atoms with Crippen LogP contribution in [0, 0.1) is 11.8 Å². The van der Waals surface area contributed by atoms with Gasteiger partial charge in [0.15, 0.2) is 5.13 Å². The second-order valence-electron chi connectivity index (χ2n) is 7.93. The summed E-state index contributed by atoms with van der Waals surface area (Å²) in [6, 6.07) is 8.29. The third-order valence-corrected chi connectivity index (χ3v) is 6.20. The molecule has 1 aliphatic rings. The van der Waals surface area contributed by atoms with Gasteiger partial charge in [-0.1, -0.05) is 37.3 Å². The number of carbonyl (C=O) groups is 1. The Labute approximate surface area is 169 Å². The van der Waals surface area contributed by atoms with E-state index < -0.39 is 0 Å². The van der Waals surface area contributed by atoms with Gasteiger partial charge in [-0.3, -0.25) is 9.78 Å². The molecule has 0 spiro atoms. The molecular weight excluding hydrogens is 368 g/mol. The van der Waals surface area contributed by atoms with Crippen LogP contribution in [0.25, 0.3) is 21.2 Å². The molecule has 0 saturated carbocycles. The zero-order valence-corrected chi connectivity index (χ0v) is 17.2. The number of piperidine rings is 1. The van der Waals surface area contributed by atoms with Gasteiger partial charge in [-0.25, -0.2) is 4.98 Å². The van der Waals surface area contributed by atoms with Crippen LogP contribution >= 0.6 is 11.3 Å². The average Bonchev–Trinajstić information content (AvgIpc) is 3.16. The van der Waals surface area contributed by atoms with Crippen molar-refractivity contribution in [2.24, 2.45) is 11.8 Å². The highest BCUT2D eigenvalue weighted by Crippen LogP contribution is 2.31. The van der Waals surface area contributed by atoms with E-state index in [1.54, 1.807) is 6.20 Å². The number of carbonyl (C=O) groups excluding carboxylic acids is 1. The maximum Gasteiger partial charge on any atom is 0.229 e. The second kappa shape index (κ2) is 8.37. The van der Waals surface area contributed by atoms with Crippen molar-refractivity contribution in [2.45, 2.75) is 26.7 Å². The van der Waals surface area contributed by atoms with Crippen LogP contribution in [0.1, 0.15) is 26.7 Å². The summed E-state index contributed by atoms with van der Waals surface area (Å²) in [5.74, 6) is 0.865. The molecule has 2 aromatic heterocycles. The van der Waals surface area contributed by atoms with E-state index in [-0.39, 0.29) is 11.8 Å². The summed E-state index contributed by atoms with van der Waals surface area (Å²) in [6.45, 7) is 7.61. The molecule has 0 unspecified atom stereocenters. The lowest BCUT2D eigenvalue weighted by Gasteiger charge is -2.32. The normalized spacial score (nSPS) is 16.0. The van der Waals surface area contributed by atoms with Crippen molar-refractivity contribution in [1.82, 2.24) is 14.9 Å². The van der Waals surface area contributed by atoms with Crippen LogP contribution in [0.4, 0.5) is 5.13 Å². The van der Waals surface area contributed by atoms with Gasteiger partial charge in [0.2, 0.25) is 5.91 Å². The van der Waals surface area contributed by atoms with Crippen LogP contribution in [-0.2, 0) is 4.79 Å². The zero-order valence-electron chi connectivity index (χ0n) is 16.4. The Hall–Kier alpha value is -2.31. The third-order valence-electron chi connectivity index (χ3n) is 5.24. The number of hydrogen-bond acceptors (Lipinski definition) is 5. The van der Waals surface area contributed by atoms with E-state index in [9.17, 15) is 4.79 Å². The number of fused-ring (bicyclic) bond motifs is 1. The number of nitrogens with one attached hydrogen (secondary N) is 1. The Morgan fingerprint density at radius 2 is 2.04 bits per heavy atom. The van der Waals surface area contributed by atoms with Crippen LogP contribution in [0.3, 0.4) is 0 Å². The molecule has 1 aliphatic heterocycles. The van der Waals surface area contributed by atoms with Crippen molar-refractivity contribution in [3.63, 3.8) is 0 Å². The minimum absolute atomic E-state index is 0.0870. The van der Waals surface area contributed by atoms with Gasteiger partial charge in [0.25, 0.3) is 0 Å². The number of aromatic nitrogens is 2. The topological polar surface area (TPSA) is 58.1 Å². The van der Waals surface area contributed by atoms with Crippen molar-refractivity contribution in [3.05, 3.63) is 42.9 Å². The summed E-state index contributed by atoms with van der Waals surface area (Å²) in [7, 11) is 0. The molecule has 1 N–H and O–H groups in total. The summed E-state index contributed by atoms with van der Waals surface area (Å²) < 4.78 is 0. The number of likely N-dealkylation sites (tertiary alicyclic amines) is 1. The number of anilines is 1. The molecule has 4 rings (SSSR count). The molecule has 0 bridgehead atoms. The SMILES string of the molecule is CC(C)CN1CCC(C(=O)Nc2ncc(-c3ccc4cnccc4c3)s2)CC1. The lowest BCUT2D eigenvalue weighted by Crippen LogP contribution is -2.39. The summed E-state index contributed by atoms with van der Waals surface area (Å²) in [5.41, 5.74) is 1.11. The van der Waals surface area contributed by atoms with Crippen LogP contribution < -0.4 is 5.32 Å². The molecule has 0 radical (unpaired) electrons. The monoisotopic (exact) mass is 394 g/mol. The lowest BCUT2D eigenvalue weighted by molar-refractivity contribution is -0.121. The van der Waals surface area contributed by atoms with E-state index in [4.69, 9.17) is 0 Å². The van der Waals surface area contributed by atoms with E-state index in [0.29, 0.717) is 11.0 Å². The van der Waals surface area contributed by atoms with Crippen molar-refractivity contribution >= 4 is 33.1 Å². The zero-order chi connectivity index (χ0) is 19.5. The molecule has 0 atom stereocenters. The smallest absolute Gasteiger partial charge is 0.229 e. The van der Waals surface area contributed by atoms with E-state index in [0.717, 1.165) is 53.7 Å². The minimum atomic E-state index is 0.0870. The maximum atomic E-state index is 12.6. The van der Waals surface area contributed by atoms with Crippen LogP contribution in [0.5, 0.6) is 0 Å². The number of pyridine rings is 1. The number of benzene rings is 1. The fourth-order valence-electron chi connectivity index (χ4n) is 3.80. The van der Waals surface area contributed by atoms with Gasteiger partial charge in [0.05, 0.1) is 4.88 Å². The van der Waals surface area contributed by atoms with Gasteiger partial charge in [-0.05, 0) is 54.9 Å². The van der Waals surface area contributed by atoms with Gasteiger partial charge >= 0.3 is 0 Å². The highest BCUT2D eigenvalue weighted by molar-refractivity contribution is 7.19. The summed E-state index contributed by atoms with van der Waals surface area (Å²) in [5, 5.41) is 5.99. The standard InChI is InChI=1S/C22H26N4OS/c1-15(2)14-26-9-6-16(7-10-26)21(27)25-22-24-13-20(28-22)18-3-4-19-12-23-8-5-17(19)11-18/h3-5,8,11-13,15-16H,6-7,9-10,14H2,1-2H3,(H,24,25,27). The Balaban J connectivity index is 1.38. The fraction of sp³-hybridized carbons (Fsp3) is 0.409. The molecule has 1 aromatic carbocycles. The summed E-state index contributed by atoms with van der Waals surface area (Å²) in [6.07, 6.45) is 7.36. The molecule has 3 heterocycles. The molecule has 6 heteroatoms. The van der Waals surface area contributed by atoms with Gasteiger partial charge < -0.3 is 10.2 Å². The molecule has 0 aliphatic carbocycles. The van der Waals surface area contributed by atoms with E-state index in [1.807, 2.05) is 18.5 Å². The molecule has 3 aromatic rings. The quantitative estimate of drug-likeness (QED) is 0.683. The first kappa shape index (κ1) is 19.0. The average molecular weight is 395 g/mol. The predicted octanol–water partition coefficient (Wildman–Crippen LogP) is 4.66. The molecule has 5 nitrogen and oxygen atoms in total. The van der Waals surface area contributed by atoms with Crippen LogP contribution in [-0.4, -0.2) is 40.4 Å². The van der Waals surface area contributed by atoms with Crippen molar-refractivity contribution in [1.29, 1.82) is 0 Å². The first-order chi connectivity index (χ1) is 13.6. The number of amides is 1. The van der Waals surface area contributed by atoms with E-state index in [1.165, 1.54) is 11.3 Å². The molecule has 1 saturated heterocycles. The van der Waals surface area contributed by atoms with Crippen LogP contribution in [0.15, 0.2) is 42.9 Å². The summed E-state index contributed by atoms with van der Waals surface area (Å²) in [4.78, 5) is 24.7. The number of nitrogens with zero attached hydrogens (tertiary/aromatic N) is 3. The number of hydrogen-bond donors (Lipinski definition) is 1. The largest absolute Gasteiger partial charge is 0.303 e. The van der Waals surface area contributed by atoms with Gasteiger partial charge in [0.1, 0.15) is 0 Å². The Morgan fingerprint density at radius 1 is 1.21 bits per heavy atom. The molecule has 146 valence electrons. The number of thiazole rings is 1. The van der Waals surface area contributed by atoms with E-state index >= 15 is 0 Å². The summed E-state index contributed by atoms with van der Waals surface area (Å²) >= 11 is 1.53. The first-order valence-electron chi connectivity index (χ1n) is 9.91. The third kappa shape index (κ3) is 4.39. The molecular formula is C22H26N4OS. The Bertz CT molecular complexity index is 960. The lowest BCUT2D eigenvalue weighted by atomic mass is 9.95. The fourth-order valence-corrected chi connectivity index (χ4v) is 4.62. The van der Waals surface area contributed by atoms with Gasteiger partial charge in [-0.2, -0.15) is 0 Å². The van der Waals surface area contributed by atoms with Crippen LogP contribution in [0.2, 0.25) is 0 Å². The molecule has 1 fully saturated rings. The highest BCUT2D eigenvalue weighted by Gasteiger charge is 2.25. The van der Waals surface area contributed by atoms with Crippen molar-refractivity contribution in [2.75, 3.05) is 25.0 Å².